The van der Waals surface area contributed by atoms with E-state index >= 15 is 0 Å². The smallest absolute Gasteiger partial charge is 0.161 e. The van der Waals surface area contributed by atoms with Crippen molar-refractivity contribution in [1.29, 1.82) is 0 Å². The van der Waals surface area contributed by atoms with Gasteiger partial charge in [-0.25, -0.2) is 0 Å². The van der Waals surface area contributed by atoms with Crippen molar-refractivity contribution in [3.8, 4) is 39.1 Å². The minimum Gasteiger partial charge on any atom is -0.454 e. The molecule has 0 unspecified atom stereocenters. The topological polar surface area (TPSA) is 21.3 Å². The van der Waals surface area contributed by atoms with Crippen LogP contribution in [0.25, 0.3) is 72.0 Å². The van der Waals surface area contributed by atoms with E-state index in [0.29, 0.717) is 0 Å². The van der Waals surface area contributed by atoms with Crippen LogP contribution in [0.1, 0.15) is 5.56 Å². The van der Waals surface area contributed by atoms with Crippen molar-refractivity contribution < 1.29 is 4.42 Å². The second kappa shape index (κ2) is 13.1. The molecule has 3 nitrogen and oxygen atoms in total. The molecule has 2 aromatic heterocycles. The van der Waals surface area contributed by atoms with E-state index in [9.17, 15) is 0 Å². The van der Waals surface area contributed by atoms with Gasteiger partial charge in [-0.15, -0.1) is 0 Å². The maximum atomic E-state index is 6.46. The maximum absolute atomic E-state index is 6.46. The Hall–Kier alpha value is -7.10. The molecule has 0 aliphatic carbocycles. The number of fused-ring (bicyclic) bond motifs is 5. The first-order valence-corrected chi connectivity index (χ1v) is 18.4. The lowest BCUT2D eigenvalue weighted by Crippen LogP contribution is -2.10. The molecule has 0 atom stereocenters. The Morgan fingerprint density at radius 1 is 0.407 bits per heavy atom. The Morgan fingerprint density at radius 3 is 1.59 bits per heavy atom. The standard InChI is InChI=1S/C51H36N2O/c1-35-19-32-49-47(33-35)50-51(54-49)46-17-8-9-18-48(46)53(50)44-30-24-40(25-31-44)41-15-10-16-45(34-41)52(42-26-20-38(21-27-42)36-11-4-2-5-12-36)43-28-22-39(23-29-43)37-13-6-3-7-14-37/h2-34H,1H3. The van der Waals surface area contributed by atoms with Crippen LogP contribution in [0.5, 0.6) is 0 Å². The number of furan rings is 1. The predicted molar refractivity (Wildman–Crippen MR) is 226 cm³/mol. The Morgan fingerprint density at radius 2 is 0.944 bits per heavy atom. The Kier molecular flexibility index (Phi) is 7.70. The van der Waals surface area contributed by atoms with Crippen molar-refractivity contribution in [2.24, 2.45) is 0 Å². The molecule has 0 aliphatic heterocycles. The molecule has 0 bridgehead atoms. The van der Waals surface area contributed by atoms with Crippen LogP contribution in [0.15, 0.2) is 205 Å². The largest absolute Gasteiger partial charge is 0.454 e. The van der Waals surface area contributed by atoms with Crippen molar-refractivity contribution in [3.05, 3.63) is 206 Å². The number of nitrogens with zero attached hydrogens (tertiary/aromatic N) is 2. The summed E-state index contributed by atoms with van der Waals surface area (Å²) >= 11 is 0. The van der Waals surface area contributed by atoms with Crippen molar-refractivity contribution in [2.45, 2.75) is 6.92 Å². The summed E-state index contributed by atoms with van der Waals surface area (Å²) in [5, 5.41) is 2.25. The molecule has 0 saturated carbocycles. The zero-order valence-corrected chi connectivity index (χ0v) is 29.9. The summed E-state index contributed by atoms with van der Waals surface area (Å²) in [6.45, 7) is 2.13. The van der Waals surface area contributed by atoms with E-state index in [0.717, 1.165) is 66.8 Å². The summed E-state index contributed by atoms with van der Waals surface area (Å²) in [7, 11) is 0. The normalized spacial score (nSPS) is 11.4. The van der Waals surface area contributed by atoms with Gasteiger partial charge in [-0.3, -0.25) is 0 Å². The second-order valence-electron chi connectivity index (χ2n) is 13.9. The van der Waals surface area contributed by atoms with Crippen molar-refractivity contribution in [1.82, 2.24) is 4.57 Å². The highest BCUT2D eigenvalue weighted by atomic mass is 16.3. The molecule has 2 heterocycles. The zero-order chi connectivity index (χ0) is 36.0. The highest BCUT2D eigenvalue weighted by molar-refractivity contribution is 6.16. The minimum absolute atomic E-state index is 0.910. The van der Waals surface area contributed by atoms with Gasteiger partial charge in [0, 0.05) is 33.5 Å². The number of hydrogen-bond acceptors (Lipinski definition) is 2. The van der Waals surface area contributed by atoms with E-state index < -0.39 is 0 Å². The van der Waals surface area contributed by atoms with Crippen LogP contribution in [-0.2, 0) is 0 Å². The lowest BCUT2D eigenvalue weighted by molar-refractivity contribution is 0.672. The third kappa shape index (κ3) is 5.55. The minimum atomic E-state index is 0.910. The molecule has 0 N–H and O–H groups in total. The molecule has 0 radical (unpaired) electrons. The fourth-order valence-electron chi connectivity index (χ4n) is 7.79. The first-order valence-electron chi connectivity index (χ1n) is 18.4. The Balaban J connectivity index is 1.04. The number of aromatic nitrogens is 1. The average molecular weight is 693 g/mol. The van der Waals surface area contributed by atoms with Gasteiger partial charge in [0.1, 0.15) is 11.1 Å². The summed E-state index contributed by atoms with van der Waals surface area (Å²) in [4.78, 5) is 2.34. The number of aryl methyl sites for hydroxylation is 1. The molecule has 10 aromatic rings. The molecule has 256 valence electrons. The van der Waals surface area contributed by atoms with E-state index in [2.05, 4.69) is 217 Å². The second-order valence-corrected chi connectivity index (χ2v) is 13.9. The van der Waals surface area contributed by atoms with Gasteiger partial charge in [0.25, 0.3) is 0 Å². The van der Waals surface area contributed by atoms with Gasteiger partial charge >= 0.3 is 0 Å². The SMILES string of the molecule is Cc1ccc2oc3c4ccccc4n(-c4ccc(-c5cccc(N(c6ccc(-c7ccccc7)cc6)c6ccc(-c7ccccc7)cc6)c5)cc4)c3c2c1. The van der Waals surface area contributed by atoms with Crippen molar-refractivity contribution in [3.63, 3.8) is 0 Å². The molecule has 0 amide bonds. The maximum Gasteiger partial charge on any atom is 0.161 e. The molecule has 0 saturated heterocycles. The number of para-hydroxylation sites is 1. The van der Waals surface area contributed by atoms with Crippen LogP contribution in [0.2, 0.25) is 0 Å². The highest BCUT2D eigenvalue weighted by Crippen LogP contribution is 2.41. The van der Waals surface area contributed by atoms with Crippen molar-refractivity contribution in [2.75, 3.05) is 4.90 Å². The average Bonchev–Trinajstić information content (AvgIpc) is 3.77. The molecule has 0 spiro atoms. The van der Waals surface area contributed by atoms with E-state index in [-0.39, 0.29) is 0 Å². The van der Waals surface area contributed by atoms with E-state index in [1.165, 1.54) is 27.8 Å². The predicted octanol–water partition coefficient (Wildman–Crippen LogP) is 14.3. The van der Waals surface area contributed by atoms with Gasteiger partial charge < -0.3 is 13.9 Å². The van der Waals surface area contributed by atoms with E-state index in [1.807, 2.05) is 0 Å². The highest BCUT2D eigenvalue weighted by Gasteiger charge is 2.20. The first-order chi connectivity index (χ1) is 26.7. The molecule has 8 aromatic carbocycles. The van der Waals surface area contributed by atoms with Gasteiger partial charge in [-0.05, 0) is 113 Å². The molecule has 10 rings (SSSR count). The van der Waals surface area contributed by atoms with Crippen LogP contribution in [-0.4, -0.2) is 4.57 Å². The van der Waals surface area contributed by atoms with Crippen LogP contribution in [0, 0.1) is 6.92 Å². The number of benzene rings is 8. The van der Waals surface area contributed by atoms with Gasteiger partial charge in [0.15, 0.2) is 5.58 Å². The van der Waals surface area contributed by atoms with Crippen LogP contribution >= 0.6 is 0 Å². The summed E-state index contributed by atoms with van der Waals surface area (Å²) in [6.07, 6.45) is 0. The lowest BCUT2D eigenvalue weighted by Gasteiger charge is -2.26. The molecule has 0 fully saturated rings. The molecule has 3 heteroatoms. The number of anilines is 3. The molecule has 0 aliphatic rings. The number of rotatable bonds is 7. The van der Waals surface area contributed by atoms with E-state index in [1.54, 1.807) is 0 Å². The molecular formula is C51H36N2O. The summed E-state index contributed by atoms with van der Waals surface area (Å²) in [5.74, 6) is 0. The van der Waals surface area contributed by atoms with Gasteiger partial charge in [0.2, 0.25) is 0 Å². The Labute approximate surface area is 314 Å². The van der Waals surface area contributed by atoms with Crippen LogP contribution in [0.4, 0.5) is 17.1 Å². The quantitative estimate of drug-likeness (QED) is 0.166. The van der Waals surface area contributed by atoms with Gasteiger partial charge in [-0.2, -0.15) is 0 Å². The summed E-state index contributed by atoms with van der Waals surface area (Å²) in [5.41, 5.74) is 16.8. The van der Waals surface area contributed by atoms with Crippen LogP contribution < -0.4 is 4.90 Å². The zero-order valence-electron chi connectivity index (χ0n) is 29.9. The van der Waals surface area contributed by atoms with Gasteiger partial charge in [-0.1, -0.05) is 133 Å². The lowest BCUT2D eigenvalue weighted by atomic mass is 10.0. The third-order valence-corrected chi connectivity index (χ3v) is 10.5. The fraction of sp³-hybridized carbons (Fsp3) is 0.0196. The summed E-state index contributed by atoms with van der Waals surface area (Å²) < 4.78 is 8.80. The molecular weight excluding hydrogens is 657 g/mol. The van der Waals surface area contributed by atoms with Crippen molar-refractivity contribution >= 4 is 50.0 Å². The molecule has 54 heavy (non-hydrogen) atoms. The Bertz CT molecular complexity index is 2820. The fourth-order valence-corrected chi connectivity index (χ4v) is 7.79. The van der Waals surface area contributed by atoms with E-state index in [4.69, 9.17) is 4.42 Å². The van der Waals surface area contributed by atoms with Crippen LogP contribution in [0.3, 0.4) is 0 Å². The monoisotopic (exact) mass is 692 g/mol. The first kappa shape index (κ1) is 31.6. The van der Waals surface area contributed by atoms with Gasteiger partial charge in [0.05, 0.1) is 5.52 Å². The third-order valence-electron chi connectivity index (χ3n) is 10.5. The number of hydrogen-bond donors (Lipinski definition) is 0. The summed E-state index contributed by atoms with van der Waals surface area (Å²) in [6, 6.07) is 71.5.